The van der Waals surface area contributed by atoms with Gasteiger partial charge in [-0.15, -0.1) is 0 Å². The SMILES string of the molecule is CCCNC(c1ccc(Cl)cc1)c1ccc(C)c(Cl)c1. The monoisotopic (exact) mass is 307 g/mol. The quantitative estimate of drug-likeness (QED) is 0.780. The van der Waals surface area contributed by atoms with Crippen LogP contribution in [-0.4, -0.2) is 6.54 Å². The summed E-state index contributed by atoms with van der Waals surface area (Å²) in [7, 11) is 0. The summed E-state index contributed by atoms with van der Waals surface area (Å²) in [5.74, 6) is 0. The lowest BCUT2D eigenvalue weighted by Gasteiger charge is -2.20. The average Bonchev–Trinajstić information content (AvgIpc) is 2.45. The van der Waals surface area contributed by atoms with Crippen LogP contribution in [-0.2, 0) is 0 Å². The molecule has 2 aromatic carbocycles. The Morgan fingerprint density at radius 1 is 1.00 bits per heavy atom. The molecule has 0 fully saturated rings. The Balaban J connectivity index is 2.35. The maximum atomic E-state index is 6.26. The molecule has 20 heavy (non-hydrogen) atoms. The minimum Gasteiger partial charge on any atom is -0.306 e. The smallest absolute Gasteiger partial charge is 0.0577 e. The second-order valence-electron chi connectivity index (χ2n) is 4.95. The van der Waals surface area contributed by atoms with E-state index in [1.807, 2.05) is 25.1 Å². The Kier molecular flexibility index (Phi) is 5.47. The summed E-state index contributed by atoms with van der Waals surface area (Å²) in [6.07, 6.45) is 1.09. The van der Waals surface area contributed by atoms with Gasteiger partial charge in [-0.2, -0.15) is 0 Å². The summed E-state index contributed by atoms with van der Waals surface area (Å²) in [5, 5.41) is 5.13. The molecule has 106 valence electrons. The van der Waals surface area contributed by atoms with Crippen LogP contribution in [0.15, 0.2) is 42.5 Å². The lowest BCUT2D eigenvalue weighted by Crippen LogP contribution is -2.23. The van der Waals surface area contributed by atoms with E-state index in [0.29, 0.717) is 0 Å². The predicted octanol–water partition coefficient (Wildman–Crippen LogP) is 5.39. The Labute approximate surface area is 130 Å². The maximum Gasteiger partial charge on any atom is 0.0577 e. The first-order valence-electron chi connectivity index (χ1n) is 6.86. The second kappa shape index (κ2) is 7.12. The van der Waals surface area contributed by atoms with Crippen molar-refractivity contribution in [2.24, 2.45) is 0 Å². The van der Waals surface area contributed by atoms with E-state index in [1.165, 1.54) is 11.1 Å². The van der Waals surface area contributed by atoms with E-state index in [4.69, 9.17) is 23.2 Å². The van der Waals surface area contributed by atoms with Gasteiger partial charge in [-0.3, -0.25) is 0 Å². The Morgan fingerprint density at radius 3 is 2.25 bits per heavy atom. The molecule has 2 aromatic rings. The van der Waals surface area contributed by atoms with Crippen molar-refractivity contribution < 1.29 is 0 Å². The zero-order chi connectivity index (χ0) is 14.5. The van der Waals surface area contributed by atoms with Crippen molar-refractivity contribution in [3.8, 4) is 0 Å². The zero-order valence-electron chi connectivity index (χ0n) is 11.8. The highest BCUT2D eigenvalue weighted by atomic mass is 35.5. The summed E-state index contributed by atoms with van der Waals surface area (Å²) in [4.78, 5) is 0. The summed E-state index contributed by atoms with van der Waals surface area (Å²) in [6, 6.07) is 14.3. The molecular formula is C17H19Cl2N. The van der Waals surface area contributed by atoms with Crippen molar-refractivity contribution >= 4 is 23.2 Å². The van der Waals surface area contributed by atoms with Gasteiger partial charge in [0.25, 0.3) is 0 Å². The third-order valence-electron chi connectivity index (χ3n) is 3.33. The fourth-order valence-electron chi connectivity index (χ4n) is 2.16. The summed E-state index contributed by atoms with van der Waals surface area (Å²) < 4.78 is 0. The van der Waals surface area contributed by atoms with Gasteiger partial charge in [0.15, 0.2) is 0 Å². The molecule has 0 amide bonds. The van der Waals surface area contributed by atoms with Gasteiger partial charge in [0.2, 0.25) is 0 Å². The molecular weight excluding hydrogens is 289 g/mol. The standard InChI is InChI=1S/C17H19Cl2N/c1-3-10-20-17(13-6-8-15(18)9-7-13)14-5-4-12(2)16(19)11-14/h4-9,11,17,20H,3,10H2,1-2H3. The van der Waals surface area contributed by atoms with Crippen molar-refractivity contribution in [2.45, 2.75) is 26.3 Å². The van der Waals surface area contributed by atoms with Crippen LogP contribution in [0.3, 0.4) is 0 Å². The van der Waals surface area contributed by atoms with E-state index >= 15 is 0 Å². The third kappa shape index (κ3) is 3.76. The first-order valence-corrected chi connectivity index (χ1v) is 7.62. The Hall–Kier alpha value is -1.02. The molecule has 1 atom stereocenters. The molecule has 0 radical (unpaired) electrons. The fraction of sp³-hybridized carbons (Fsp3) is 0.294. The molecule has 3 heteroatoms. The maximum absolute atomic E-state index is 6.26. The van der Waals surface area contributed by atoms with E-state index in [2.05, 4.69) is 36.5 Å². The third-order valence-corrected chi connectivity index (χ3v) is 3.99. The average molecular weight is 308 g/mol. The van der Waals surface area contributed by atoms with Crippen LogP contribution in [0.4, 0.5) is 0 Å². The van der Waals surface area contributed by atoms with Gasteiger partial charge in [-0.1, -0.05) is 54.4 Å². The number of halogens is 2. The van der Waals surface area contributed by atoms with Crippen molar-refractivity contribution in [1.82, 2.24) is 5.32 Å². The highest BCUT2D eigenvalue weighted by molar-refractivity contribution is 6.31. The summed E-state index contributed by atoms with van der Waals surface area (Å²) >= 11 is 12.2. The number of nitrogens with one attached hydrogen (secondary N) is 1. The van der Waals surface area contributed by atoms with Crippen LogP contribution in [0.2, 0.25) is 10.0 Å². The van der Waals surface area contributed by atoms with Crippen LogP contribution in [0.1, 0.15) is 36.1 Å². The van der Waals surface area contributed by atoms with Gasteiger partial charge < -0.3 is 5.32 Å². The number of aryl methyl sites for hydroxylation is 1. The van der Waals surface area contributed by atoms with Gasteiger partial charge in [-0.05, 0) is 54.8 Å². The molecule has 0 heterocycles. The molecule has 0 aromatic heterocycles. The molecule has 1 unspecified atom stereocenters. The van der Waals surface area contributed by atoms with Gasteiger partial charge in [0.05, 0.1) is 6.04 Å². The number of rotatable bonds is 5. The molecule has 0 aliphatic carbocycles. The normalized spacial score (nSPS) is 12.4. The van der Waals surface area contributed by atoms with Gasteiger partial charge in [0, 0.05) is 10.0 Å². The number of hydrogen-bond donors (Lipinski definition) is 1. The van der Waals surface area contributed by atoms with E-state index < -0.39 is 0 Å². The van der Waals surface area contributed by atoms with Crippen LogP contribution < -0.4 is 5.32 Å². The first-order chi connectivity index (χ1) is 9.61. The molecule has 0 spiro atoms. The van der Waals surface area contributed by atoms with Gasteiger partial charge >= 0.3 is 0 Å². The van der Waals surface area contributed by atoms with Crippen molar-refractivity contribution in [3.63, 3.8) is 0 Å². The minimum atomic E-state index is 0.144. The molecule has 0 bridgehead atoms. The lowest BCUT2D eigenvalue weighted by atomic mass is 9.97. The van der Waals surface area contributed by atoms with Crippen LogP contribution in [0, 0.1) is 6.92 Å². The Bertz CT molecular complexity index is 564. The van der Waals surface area contributed by atoms with Gasteiger partial charge in [0.1, 0.15) is 0 Å². The fourth-order valence-corrected chi connectivity index (χ4v) is 2.48. The minimum absolute atomic E-state index is 0.144. The second-order valence-corrected chi connectivity index (χ2v) is 5.79. The largest absolute Gasteiger partial charge is 0.306 e. The van der Waals surface area contributed by atoms with Crippen LogP contribution in [0.5, 0.6) is 0 Å². The number of hydrogen-bond acceptors (Lipinski definition) is 1. The van der Waals surface area contributed by atoms with E-state index in [-0.39, 0.29) is 6.04 Å². The molecule has 0 aliphatic rings. The molecule has 0 aliphatic heterocycles. The molecule has 0 saturated carbocycles. The number of benzene rings is 2. The van der Waals surface area contributed by atoms with E-state index in [9.17, 15) is 0 Å². The van der Waals surface area contributed by atoms with Crippen molar-refractivity contribution in [1.29, 1.82) is 0 Å². The highest BCUT2D eigenvalue weighted by Gasteiger charge is 2.14. The summed E-state index contributed by atoms with van der Waals surface area (Å²) in [5.41, 5.74) is 3.47. The van der Waals surface area contributed by atoms with E-state index in [1.54, 1.807) is 0 Å². The molecule has 0 saturated heterocycles. The molecule has 1 nitrogen and oxygen atoms in total. The lowest BCUT2D eigenvalue weighted by molar-refractivity contribution is 0.598. The zero-order valence-corrected chi connectivity index (χ0v) is 13.3. The predicted molar refractivity (Wildman–Crippen MR) is 87.8 cm³/mol. The van der Waals surface area contributed by atoms with Crippen LogP contribution >= 0.6 is 23.2 Å². The van der Waals surface area contributed by atoms with Crippen molar-refractivity contribution in [2.75, 3.05) is 6.54 Å². The highest BCUT2D eigenvalue weighted by Crippen LogP contribution is 2.27. The van der Waals surface area contributed by atoms with Crippen LogP contribution in [0.25, 0.3) is 0 Å². The summed E-state index contributed by atoms with van der Waals surface area (Å²) in [6.45, 7) is 5.13. The van der Waals surface area contributed by atoms with E-state index in [0.717, 1.165) is 28.6 Å². The molecule has 1 N–H and O–H groups in total. The Morgan fingerprint density at radius 2 is 1.65 bits per heavy atom. The van der Waals surface area contributed by atoms with Gasteiger partial charge in [-0.25, -0.2) is 0 Å². The topological polar surface area (TPSA) is 12.0 Å². The van der Waals surface area contributed by atoms with Crippen molar-refractivity contribution in [3.05, 3.63) is 69.2 Å². The first kappa shape index (κ1) is 15.4. The molecule has 2 rings (SSSR count).